The number of hydrogen-bond donors (Lipinski definition) is 1. The van der Waals surface area contributed by atoms with Gasteiger partial charge in [0, 0.05) is 22.9 Å². The SMILES string of the molecule is Brc1cccc(OCCNCc2cscn2)c1. The molecule has 1 heterocycles. The van der Waals surface area contributed by atoms with E-state index < -0.39 is 0 Å². The number of aromatic nitrogens is 1. The highest BCUT2D eigenvalue weighted by Crippen LogP contribution is 2.17. The fraction of sp³-hybridized carbons (Fsp3) is 0.250. The Morgan fingerprint density at radius 1 is 1.41 bits per heavy atom. The van der Waals surface area contributed by atoms with Crippen molar-refractivity contribution in [2.75, 3.05) is 13.2 Å². The molecule has 0 fully saturated rings. The Kier molecular flexibility index (Phi) is 4.97. The van der Waals surface area contributed by atoms with Crippen molar-refractivity contribution in [2.24, 2.45) is 0 Å². The van der Waals surface area contributed by atoms with Crippen LogP contribution in [0.25, 0.3) is 0 Å². The molecule has 2 aromatic rings. The first kappa shape index (κ1) is 12.5. The maximum atomic E-state index is 5.60. The normalized spacial score (nSPS) is 10.4. The van der Waals surface area contributed by atoms with E-state index in [1.54, 1.807) is 11.3 Å². The van der Waals surface area contributed by atoms with E-state index in [4.69, 9.17) is 4.74 Å². The Labute approximate surface area is 113 Å². The Morgan fingerprint density at radius 3 is 3.12 bits per heavy atom. The van der Waals surface area contributed by atoms with Gasteiger partial charge in [-0.25, -0.2) is 4.98 Å². The minimum Gasteiger partial charge on any atom is -0.492 e. The second-order valence-electron chi connectivity index (χ2n) is 3.46. The lowest BCUT2D eigenvalue weighted by atomic mass is 10.3. The fourth-order valence-electron chi connectivity index (χ4n) is 1.34. The summed E-state index contributed by atoms with van der Waals surface area (Å²) in [7, 11) is 0. The third kappa shape index (κ3) is 4.46. The minimum atomic E-state index is 0.653. The first-order chi connectivity index (χ1) is 8.34. The lowest BCUT2D eigenvalue weighted by molar-refractivity contribution is 0.313. The zero-order valence-electron chi connectivity index (χ0n) is 9.23. The first-order valence-corrected chi connectivity index (χ1v) is 7.04. The largest absolute Gasteiger partial charge is 0.492 e. The van der Waals surface area contributed by atoms with Crippen molar-refractivity contribution in [3.63, 3.8) is 0 Å². The van der Waals surface area contributed by atoms with Gasteiger partial charge in [0.15, 0.2) is 0 Å². The summed E-state index contributed by atoms with van der Waals surface area (Å²) in [5.41, 5.74) is 2.92. The van der Waals surface area contributed by atoms with Gasteiger partial charge in [0.1, 0.15) is 12.4 Å². The van der Waals surface area contributed by atoms with Crippen molar-refractivity contribution in [3.05, 3.63) is 45.3 Å². The number of hydrogen-bond acceptors (Lipinski definition) is 4. The van der Waals surface area contributed by atoms with Crippen molar-refractivity contribution in [1.29, 1.82) is 0 Å². The van der Waals surface area contributed by atoms with Crippen LogP contribution in [0.5, 0.6) is 5.75 Å². The highest BCUT2D eigenvalue weighted by atomic mass is 79.9. The smallest absolute Gasteiger partial charge is 0.120 e. The minimum absolute atomic E-state index is 0.653. The molecule has 17 heavy (non-hydrogen) atoms. The molecule has 1 aromatic carbocycles. The van der Waals surface area contributed by atoms with E-state index >= 15 is 0 Å². The summed E-state index contributed by atoms with van der Waals surface area (Å²) in [6.45, 7) is 2.26. The van der Waals surface area contributed by atoms with Crippen molar-refractivity contribution in [3.8, 4) is 5.75 Å². The third-order valence-electron chi connectivity index (χ3n) is 2.13. The molecule has 5 heteroatoms. The molecule has 0 bridgehead atoms. The van der Waals surface area contributed by atoms with Crippen LogP contribution in [0.4, 0.5) is 0 Å². The Morgan fingerprint density at radius 2 is 2.35 bits per heavy atom. The van der Waals surface area contributed by atoms with E-state index in [2.05, 4.69) is 26.2 Å². The van der Waals surface area contributed by atoms with Crippen molar-refractivity contribution in [2.45, 2.75) is 6.54 Å². The van der Waals surface area contributed by atoms with Crippen LogP contribution < -0.4 is 10.1 Å². The zero-order valence-corrected chi connectivity index (χ0v) is 11.6. The Hall–Kier alpha value is -0.910. The van der Waals surface area contributed by atoms with Crippen LogP contribution >= 0.6 is 27.3 Å². The number of nitrogens with zero attached hydrogens (tertiary/aromatic N) is 1. The predicted molar refractivity (Wildman–Crippen MR) is 73.5 cm³/mol. The molecule has 0 saturated carbocycles. The maximum absolute atomic E-state index is 5.60. The van der Waals surface area contributed by atoms with Gasteiger partial charge in [-0.2, -0.15) is 0 Å². The van der Waals surface area contributed by atoms with Crippen LogP contribution in [0.2, 0.25) is 0 Å². The van der Waals surface area contributed by atoms with Gasteiger partial charge in [0.05, 0.1) is 11.2 Å². The number of benzene rings is 1. The highest BCUT2D eigenvalue weighted by molar-refractivity contribution is 9.10. The molecule has 0 aliphatic carbocycles. The molecular weight excluding hydrogens is 300 g/mol. The van der Waals surface area contributed by atoms with Gasteiger partial charge in [-0.15, -0.1) is 11.3 Å². The molecule has 0 radical (unpaired) electrons. The summed E-state index contributed by atoms with van der Waals surface area (Å²) < 4.78 is 6.63. The molecule has 90 valence electrons. The fourth-order valence-corrected chi connectivity index (χ4v) is 2.28. The molecule has 3 nitrogen and oxygen atoms in total. The first-order valence-electron chi connectivity index (χ1n) is 5.31. The van der Waals surface area contributed by atoms with Crippen LogP contribution in [0.3, 0.4) is 0 Å². The van der Waals surface area contributed by atoms with Crippen molar-refractivity contribution < 1.29 is 4.74 Å². The van der Waals surface area contributed by atoms with Crippen LogP contribution in [0.15, 0.2) is 39.6 Å². The van der Waals surface area contributed by atoms with E-state index in [-0.39, 0.29) is 0 Å². The highest BCUT2D eigenvalue weighted by Gasteiger charge is 1.96. The number of halogens is 1. The molecule has 0 amide bonds. The number of thiazole rings is 1. The molecule has 0 aliphatic heterocycles. The Balaban J connectivity index is 1.63. The topological polar surface area (TPSA) is 34.1 Å². The van der Waals surface area contributed by atoms with E-state index in [0.717, 1.165) is 29.0 Å². The quantitative estimate of drug-likeness (QED) is 0.832. The van der Waals surface area contributed by atoms with Crippen LogP contribution in [-0.2, 0) is 6.54 Å². The second-order valence-corrected chi connectivity index (χ2v) is 5.10. The van der Waals surface area contributed by atoms with Crippen molar-refractivity contribution >= 4 is 27.3 Å². The van der Waals surface area contributed by atoms with Crippen LogP contribution in [0.1, 0.15) is 5.69 Å². The van der Waals surface area contributed by atoms with E-state index in [9.17, 15) is 0 Å². The zero-order chi connectivity index (χ0) is 11.9. The average Bonchev–Trinajstić information content (AvgIpc) is 2.82. The number of nitrogens with one attached hydrogen (secondary N) is 1. The molecule has 0 saturated heterocycles. The summed E-state index contributed by atoms with van der Waals surface area (Å²) in [5.74, 6) is 0.884. The lowest BCUT2D eigenvalue weighted by Crippen LogP contribution is -2.20. The molecule has 0 spiro atoms. The van der Waals surface area contributed by atoms with Gasteiger partial charge in [-0.1, -0.05) is 22.0 Å². The Bertz CT molecular complexity index is 448. The summed E-state index contributed by atoms with van der Waals surface area (Å²) in [6.07, 6.45) is 0. The van der Waals surface area contributed by atoms with Crippen LogP contribution in [-0.4, -0.2) is 18.1 Å². The van der Waals surface area contributed by atoms with Gasteiger partial charge >= 0.3 is 0 Å². The summed E-state index contributed by atoms with van der Waals surface area (Å²) >= 11 is 5.02. The monoisotopic (exact) mass is 312 g/mol. The molecule has 1 N–H and O–H groups in total. The summed E-state index contributed by atoms with van der Waals surface area (Å²) in [4.78, 5) is 4.19. The van der Waals surface area contributed by atoms with Gasteiger partial charge in [0.25, 0.3) is 0 Å². The molecular formula is C12H13BrN2OS. The van der Waals surface area contributed by atoms with E-state index in [1.165, 1.54) is 0 Å². The lowest BCUT2D eigenvalue weighted by Gasteiger charge is -2.06. The van der Waals surface area contributed by atoms with Gasteiger partial charge in [0.2, 0.25) is 0 Å². The molecule has 1 aromatic heterocycles. The van der Waals surface area contributed by atoms with Crippen LogP contribution in [0, 0.1) is 0 Å². The van der Waals surface area contributed by atoms with Gasteiger partial charge in [-0.3, -0.25) is 0 Å². The van der Waals surface area contributed by atoms with E-state index in [0.29, 0.717) is 6.61 Å². The summed E-state index contributed by atoms with van der Waals surface area (Å²) in [5, 5.41) is 5.32. The molecule has 0 unspecified atom stereocenters. The molecule has 0 aliphatic rings. The maximum Gasteiger partial charge on any atom is 0.120 e. The van der Waals surface area contributed by atoms with Gasteiger partial charge in [-0.05, 0) is 18.2 Å². The molecule has 0 atom stereocenters. The predicted octanol–water partition coefficient (Wildman–Crippen LogP) is 3.07. The summed E-state index contributed by atoms with van der Waals surface area (Å²) in [6, 6.07) is 7.85. The number of ether oxygens (including phenoxy) is 1. The average molecular weight is 313 g/mol. The van der Waals surface area contributed by atoms with E-state index in [1.807, 2.05) is 35.2 Å². The van der Waals surface area contributed by atoms with Crippen molar-refractivity contribution in [1.82, 2.24) is 10.3 Å². The number of rotatable bonds is 6. The second kappa shape index (κ2) is 6.74. The molecule has 2 rings (SSSR count). The third-order valence-corrected chi connectivity index (χ3v) is 3.26. The standard InChI is InChI=1S/C12H13BrN2OS/c13-10-2-1-3-12(6-10)16-5-4-14-7-11-8-17-9-15-11/h1-3,6,8-9,14H,4-5,7H2. The van der Waals surface area contributed by atoms with Gasteiger partial charge < -0.3 is 10.1 Å².